The summed E-state index contributed by atoms with van der Waals surface area (Å²) in [5, 5.41) is 2.67. The zero-order valence-corrected chi connectivity index (χ0v) is 33.4. The van der Waals surface area contributed by atoms with Crippen LogP contribution >= 0.6 is 0 Å². The number of carbonyl (C=O) groups excluding carboxylic acids is 4. The molecule has 0 aromatic heterocycles. The average molecular weight is 760 g/mol. The summed E-state index contributed by atoms with van der Waals surface area (Å²) in [6.07, 6.45) is -0.646. The van der Waals surface area contributed by atoms with Crippen LogP contribution in [-0.4, -0.2) is 89.7 Å². The molecule has 1 amide bonds. The number of Topliss-reactive ketones (excluding diaryl/α,β-unsaturated/α-hetero) is 2. The van der Waals surface area contributed by atoms with E-state index in [4.69, 9.17) is 39.9 Å². The molecular weight excluding hydrogens is 694 g/mol. The molecule has 0 aliphatic heterocycles. The van der Waals surface area contributed by atoms with Gasteiger partial charge in [-0.3, -0.25) is 9.59 Å². The number of hydrogen-bond acceptors (Lipinski definition) is 10. The third-order valence-electron chi connectivity index (χ3n) is 7.85. The molecule has 0 spiro atoms. The van der Waals surface area contributed by atoms with Gasteiger partial charge in [-0.15, -0.1) is 13.1 Å². The van der Waals surface area contributed by atoms with Gasteiger partial charge in [0.05, 0.1) is 26.4 Å². The van der Waals surface area contributed by atoms with Gasteiger partial charge >= 0.3 is 12.2 Å². The van der Waals surface area contributed by atoms with Crippen molar-refractivity contribution in [2.45, 2.75) is 100 Å². The van der Waals surface area contributed by atoms with Crippen LogP contribution in [0.4, 0.5) is 9.59 Å². The molecule has 2 aromatic rings. The summed E-state index contributed by atoms with van der Waals surface area (Å²) < 4.78 is 31.6. The summed E-state index contributed by atoms with van der Waals surface area (Å²) in [6.45, 7) is 21.6. The summed E-state index contributed by atoms with van der Waals surface area (Å²) in [7, 11) is 0. The van der Waals surface area contributed by atoms with Crippen LogP contribution in [-0.2, 0) is 39.4 Å². The topological polar surface area (TPSA) is 183 Å². The monoisotopic (exact) mass is 759 g/mol. The minimum absolute atomic E-state index is 0. The van der Waals surface area contributed by atoms with E-state index in [1.165, 1.54) is 0 Å². The molecule has 0 fully saturated rings. The van der Waals surface area contributed by atoms with Crippen molar-refractivity contribution in [3.8, 4) is 11.5 Å². The zero-order valence-electron chi connectivity index (χ0n) is 33.4. The molecule has 0 saturated carbocycles. The van der Waals surface area contributed by atoms with Crippen LogP contribution in [0.25, 0.3) is 11.5 Å². The van der Waals surface area contributed by atoms with Crippen molar-refractivity contribution in [2.75, 3.05) is 65.9 Å². The van der Waals surface area contributed by atoms with Gasteiger partial charge in [0.2, 0.25) is 0 Å². The number of nitrogens with one attached hydrogen (secondary N) is 3. The molecule has 0 unspecified atom stereocenters. The Morgan fingerprint density at radius 3 is 1.44 bits per heavy atom. The number of aryl methyl sites for hydroxylation is 4. The van der Waals surface area contributed by atoms with Crippen molar-refractivity contribution in [1.82, 2.24) is 5.32 Å². The summed E-state index contributed by atoms with van der Waals surface area (Å²) in [5.74, 6) is 1.06. The van der Waals surface area contributed by atoms with Gasteiger partial charge in [-0.25, -0.2) is 9.59 Å². The van der Waals surface area contributed by atoms with E-state index in [1.54, 1.807) is 19.9 Å². The van der Waals surface area contributed by atoms with E-state index in [1.807, 2.05) is 73.6 Å². The summed E-state index contributed by atoms with van der Waals surface area (Å²) in [4.78, 5) is 47.5. The molecule has 13 heteroatoms. The highest BCUT2D eigenvalue weighted by Crippen LogP contribution is 2.39. The van der Waals surface area contributed by atoms with Crippen molar-refractivity contribution in [2.24, 2.45) is 0 Å². The Morgan fingerprint density at radius 1 is 0.611 bits per heavy atom. The Labute approximate surface area is 323 Å². The second kappa shape index (κ2) is 25.2. The lowest BCUT2D eigenvalue weighted by Crippen LogP contribution is -2.32. The van der Waals surface area contributed by atoms with Crippen molar-refractivity contribution in [3.05, 3.63) is 69.1 Å². The third-order valence-corrected chi connectivity index (χ3v) is 7.85. The van der Waals surface area contributed by atoms with Gasteiger partial charge in [-0.2, -0.15) is 0 Å². The lowest BCUT2D eigenvalue weighted by atomic mass is 9.77. The molecule has 0 radical (unpaired) electrons. The van der Waals surface area contributed by atoms with Gasteiger partial charge < -0.3 is 45.2 Å². The smallest absolute Gasteiger partial charge is 0.513 e. The quantitative estimate of drug-likeness (QED) is 0.0735. The van der Waals surface area contributed by atoms with E-state index in [-0.39, 0.29) is 45.3 Å². The number of carbonyl (C=O) groups is 4. The molecule has 0 aliphatic rings. The van der Waals surface area contributed by atoms with Crippen LogP contribution in [0.1, 0.15) is 95.2 Å². The van der Waals surface area contributed by atoms with Crippen LogP contribution in [0.15, 0.2) is 24.3 Å². The predicted octanol–water partition coefficient (Wildman–Crippen LogP) is 8.51. The number of ether oxygens (including phenoxy) is 6. The van der Waals surface area contributed by atoms with Gasteiger partial charge in [0.25, 0.3) is 0 Å². The number of hydrogen-bond donors (Lipinski definition) is 1. The van der Waals surface area contributed by atoms with Crippen molar-refractivity contribution < 1.29 is 47.6 Å². The lowest BCUT2D eigenvalue weighted by molar-refractivity contribution is -0.118. The molecule has 0 atom stereocenters. The predicted molar refractivity (Wildman–Crippen MR) is 212 cm³/mol. The van der Waals surface area contributed by atoms with E-state index < -0.39 is 23.1 Å². The maximum absolute atomic E-state index is 12.2. The molecule has 0 bridgehead atoms. The molecule has 54 heavy (non-hydrogen) atoms. The Kier molecular flexibility index (Phi) is 23.4. The van der Waals surface area contributed by atoms with Gasteiger partial charge in [0.15, 0.2) is 0 Å². The molecule has 306 valence electrons. The first-order chi connectivity index (χ1) is 24.8. The summed E-state index contributed by atoms with van der Waals surface area (Å²) in [5.41, 5.74) is 18.6. The fourth-order valence-corrected chi connectivity index (χ4v) is 6.41. The van der Waals surface area contributed by atoms with Crippen LogP contribution < -0.4 is 14.8 Å². The first kappa shape index (κ1) is 50.1. The zero-order chi connectivity index (χ0) is 40.2. The first-order valence-electron chi connectivity index (χ1n) is 17.9. The molecular formula is C41H65N3O10-2. The normalized spacial score (nSPS) is 11.1. The van der Waals surface area contributed by atoms with E-state index in [0.717, 1.165) is 33.4 Å². The molecule has 0 saturated heterocycles. The lowest BCUT2D eigenvalue weighted by Gasteiger charge is -2.28. The largest absolute Gasteiger partial charge is 0.676 e. The SMILES string of the molecule is C.CC(=O)CC(C)(C)c1c(C)cc(C)cc1OC(=O)NCCOCCOCC[NH-].CC(=O)CC(C)(C)c1c(C)cc(C)cc1OC(=O)OCCOCC[NH-]. The maximum Gasteiger partial charge on any atom is 0.513 e. The van der Waals surface area contributed by atoms with Crippen LogP contribution in [0.5, 0.6) is 11.5 Å². The van der Waals surface area contributed by atoms with Gasteiger partial charge in [-0.1, -0.05) is 47.3 Å². The molecule has 3 N–H and O–H groups in total. The second-order valence-electron chi connectivity index (χ2n) is 14.3. The number of amides is 1. The minimum Gasteiger partial charge on any atom is -0.676 e. The molecule has 2 aromatic carbocycles. The second-order valence-corrected chi connectivity index (χ2v) is 14.3. The molecule has 2 rings (SSSR count). The van der Waals surface area contributed by atoms with Crippen molar-refractivity contribution >= 4 is 23.8 Å². The Morgan fingerprint density at radius 2 is 1.02 bits per heavy atom. The van der Waals surface area contributed by atoms with Crippen LogP contribution in [0.3, 0.4) is 0 Å². The van der Waals surface area contributed by atoms with Crippen molar-refractivity contribution in [3.63, 3.8) is 0 Å². The van der Waals surface area contributed by atoms with Crippen LogP contribution in [0.2, 0.25) is 0 Å². The number of rotatable bonds is 21. The molecule has 13 nitrogen and oxygen atoms in total. The maximum atomic E-state index is 12.2. The number of benzene rings is 2. The highest BCUT2D eigenvalue weighted by Gasteiger charge is 2.30. The van der Waals surface area contributed by atoms with Gasteiger partial charge in [-0.05, 0) is 75.9 Å². The van der Waals surface area contributed by atoms with Gasteiger partial charge in [0.1, 0.15) is 29.7 Å². The Bertz CT molecular complexity index is 1490. The Balaban J connectivity index is 0.00000103. The van der Waals surface area contributed by atoms with Gasteiger partial charge in [0, 0.05) is 54.6 Å². The number of ketones is 2. The highest BCUT2D eigenvalue weighted by atomic mass is 16.7. The fourth-order valence-electron chi connectivity index (χ4n) is 6.41. The van der Waals surface area contributed by atoms with E-state index in [9.17, 15) is 19.2 Å². The first-order valence-corrected chi connectivity index (χ1v) is 17.9. The molecule has 0 heterocycles. The Hall–Kier alpha value is -3.88. The summed E-state index contributed by atoms with van der Waals surface area (Å²) >= 11 is 0. The van der Waals surface area contributed by atoms with Crippen LogP contribution in [0, 0.1) is 27.7 Å². The third kappa shape index (κ3) is 18.9. The standard InChI is InChI=1S/C21H33N2O5.C19H28NO5.CH4/c1-15-12-16(2)19(21(4,5)14-17(3)24)18(13-15)28-20(25)23-7-9-27-11-10-26-8-6-22;1-13-10-14(2)17(19(4,5)12-15(3)21)16(11-13)25-18(22)24-9-8-23-7-6-20;/h12-13,22H,6-11,14H2,1-5H3,(H,23,25);10-11,20H,6-9,12H2,1-5H3;1H4/q2*-1;. The fraction of sp³-hybridized carbons (Fsp3) is 0.610. The molecule has 0 aliphatic carbocycles. The van der Waals surface area contributed by atoms with E-state index in [2.05, 4.69) is 5.32 Å². The van der Waals surface area contributed by atoms with E-state index >= 15 is 0 Å². The highest BCUT2D eigenvalue weighted by molar-refractivity contribution is 5.78. The van der Waals surface area contributed by atoms with Crippen molar-refractivity contribution in [1.29, 1.82) is 0 Å². The minimum atomic E-state index is -0.806. The average Bonchev–Trinajstić information content (AvgIpc) is 3.00. The summed E-state index contributed by atoms with van der Waals surface area (Å²) in [6, 6.07) is 7.63. The van der Waals surface area contributed by atoms with E-state index in [0.29, 0.717) is 63.9 Å².